The highest BCUT2D eigenvalue weighted by Crippen LogP contribution is 2.13. The average molecular weight is 1110 g/mol. The van der Waals surface area contributed by atoms with Crippen LogP contribution in [0.1, 0.15) is 239 Å². The largest absolute Gasteiger partial charge is 0.462 e. The number of unbranched alkanes of at least 4 members (excludes halogenated alkanes) is 13. The number of allylic oxidation sites excluding steroid dienone is 31. The van der Waals surface area contributed by atoms with E-state index >= 15 is 0 Å². The number of rotatable bonds is 55. The van der Waals surface area contributed by atoms with E-state index in [9.17, 15) is 14.4 Å². The normalized spacial score (nSPS) is 13.5. The molecule has 0 radical (unpaired) electrons. The summed E-state index contributed by atoms with van der Waals surface area (Å²) in [5.41, 5.74) is 0. The Balaban J connectivity index is 4.36. The molecule has 6 nitrogen and oxygen atoms in total. The molecule has 0 spiro atoms. The van der Waals surface area contributed by atoms with Crippen LogP contribution < -0.4 is 0 Å². The molecule has 0 aromatic heterocycles. The van der Waals surface area contributed by atoms with E-state index in [1.807, 2.05) is 6.08 Å². The molecule has 450 valence electrons. The third-order valence-electron chi connectivity index (χ3n) is 12.6. The van der Waals surface area contributed by atoms with E-state index in [0.717, 1.165) is 167 Å². The number of esters is 3. The van der Waals surface area contributed by atoms with Gasteiger partial charge in [-0.15, -0.1) is 0 Å². The lowest BCUT2D eigenvalue weighted by molar-refractivity contribution is -0.166. The second-order valence-corrected chi connectivity index (χ2v) is 20.2. The van der Waals surface area contributed by atoms with Crippen molar-refractivity contribution in [2.45, 2.75) is 245 Å². The summed E-state index contributed by atoms with van der Waals surface area (Å²) in [5, 5.41) is 0. The Hall–Kier alpha value is -5.75. The Morgan fingerprint density at radius 2 is 0.519 bits per heavy atom. The van der Waals surface area contributed by atoms with Gasteiger partial charge in [-0.2, -0.15) is 0 Å². The quantitative estimate of drug-likeness (QED) is 0.0261. The lowest BCUT2D eigenvalue weighted by Gasteiger charge is -2.18. The standard InChI is InChI=1S/C75H114O6/c1-4-7-10-13-16-19-22-25-27-28-29-30-31-32-33-34-35-36-37-38-39-40-41-42-43-44-45-46-48-50-53-56-59-62-65-68-74(77)80-71-72(70-79-73(76)67-64-61-58-55-52-49-24-21-18-15-12-9-6-3)81-75(78)69-66-63-60-57-54-51-47-26-23-20-17-14-11-8-5-2/h7-8,10-12,15-17,19-21,24-27,29-30,32-33,35-36,38-39,41-42,44-45,47,54,57,63,66,72H,4-6,9,13-14,18,22-23,28,31,34,37,40,43,46,48-53,55-56,58-62,64-65,67-71H2,1-3H3/b10-7-,11-8-,15-12-,19-16-,20-17-,24-21-,27-25-,30-29-,33-32-,36-35-,39-38-,42-41-,45-44-,47-26-,57-54-,66-63-. The van der Waals surface area contributed by atoms with Gasteiger partial charge in [0.05, 0.1) is 6.42 Å². The van der Waals surface area contributed by atoms with Crippen molar-refractivity contribution < 1.29 is 28.6 Å². The zero-order valence-electron chi connectivity index (χ0n) is 51.5. The molecule has 0 heterocycles. The van der Waals surface area contributed by atoms with Gasteiger partial charge in [0.2, 0.25) is 0 Å². The maximum atomic E-state index is 12.8. The van der Waals surface area contributed by atoms with Crippen molar-refractivity contribution in [2.75, 3.05) is 13.2 Å². The van der Waals surface area contributed by atoms with Crippen LogP contribution in [-0.4, -0.2) is 37.2 Å². The van der Waals surface area contributed by atoms with Gasteiger partial charge in [-0.1, -0.05) is 273 Å². The molecule has 0 aromatic carbocycles. The van der Waals surface area contributed by atoms with Gasteiger partial charge in [0.1, 0.15) is 13.2 Å². The van der Waals surface area contributed by atoms with Crippen LogP contribution in [0.25, 0.3) is 0 Å². The molecule has 6 heteroatoms. The Morgan fingerprint density at radius 3 is 0.815 bits per heavy atom. The minimum atomic E-state index is -0.854. The fourth-order valence-electron chi connectivity index (χ4n) is 7.90. The minimum absolute atomic E-state index is 0.0817. The SMILES string of the molecule is CC/C=C\C/C=C\C/C=C\C/C=C\C/C=C\C/C=C\C/C=C\C/C=C\C/C=C\CCCCCCCCCC(=O)OCC(COC(=O)CCCCCCC/C=C\C/C=C\CCC)OC(=O)C/C=C\C/C=C\C/C=C\C/C=C\C/C=C\CC. The zero-order chi connectivity index (χ0) is 58.5. The molecule has 0 N–H and O–H groups in total. The molecule has 0 aliphatic heterocycles. The van der Waals surface area contributed by atoms with Crippen LogP contribution in [-0.2, 0) is 28.6 Å². The first-order chi connectivity index (χ1) is 40.0. The second kappa shape index (κ2) is 66.8. The molecule has 0 saturated heterocycles. The summed E-state index contributed by atoms with van der Waals surface area (Å²) in [6, 6.07) is 0. The van der Waals surface area contributed by atoms with Crippen molar-refractivity contribution in [3.63, 3.8) is 0 Å². The van der Waals surface area contributed by atoms with Crippen molar-refractivity contribution in [1.29, 1.82) is 0 Å². The van der Waals surface area contributed by atoms with E-state index in [2.05, 4.69) is 203 Å². The monoisotopic (exact) mass is 1110 g/mol. The summed E-state index contributed by atoms with van der Waals surface area (Å²) >= 11 is 0. The maximum Gasteiger partial charge on any atom is 0.310 e. The summed E-state index contributed by atoms with van der Waals surface area (Å²) in [5.74, 6) is -1.10. The Kier molecular flexibility index (Phi) is 62.0. The molecule has 0 aromatic rings. The van der Waals surface area contributed by atoms with Crippen molar-refractivity contribution in [2.24, 2.45) is 0 Å². The maximum absolute atomic E-state index is 12.8. The van der Waals surface area contributed by atoms with E-state index in [-0.39, 0.29) is 31.6 Å². The highest BCUT2D eigenvalue weighted by atomic mass is 16.6. The summed E-state index contributed by atoms with van der Waals surface area (Å²) in [4.78, 5) is 38.1. The van der Waals surface area contributed by atoms with Crippen LogP contribution in [0.15, 0.2) is 194 Å². The van der Waals surface area contributed by atoms with E-state index in [4.69, 9.17) is 14.2 Å². The minimum Gasteiger partial charge on any atom is -0.462 e. The first-order valence-corrected chi connectivity index (χ1v) is 31.9. The topological polar surface area (TPSA) is 78.9 Å². The van der Waals surface area contributed by atoms with Gasteiger partial charge in [-0.3, -0.25) is 14.4 Å². The van der Waals surface area contributed by atoms with Crippen molar-refractivity contribution in [3.05, 3.63) is 194 Å². The van der Waals surface area contributed by atoms with Gasteiger partial charge in [0.25, 0.3) is 0 Å². The van der Waals surface area contributed by atoms with Gasteiger partial charge in [-0.05, 0) is 141 Å². The van der Waals surface area contributed by atoms with E-state index in [1.165, 1.54) is 25.7 Å². The third-order valence-corrected chi connectivity index (χ3v) is 12.6. The lowest BCUT2D eigenvalue weighted by atomic mass is 10.1. The summed E-state index contributed by atoms with van der Waals surface area (Å²) in [6.07, 6.45) is 102. The van der Waals surface area contributed by atoms with E-state index in [0.29, 0.717) is 19.3 Å². The van der Waals surface area contributed by atoms with Crippen LogP contribution in [0, 0.1) is 0 Å². The first-order valence-electron chi connectivity index (χ1n) is 31.9. The molecular formula is C75H114O6. The lowest BCUT2D eigenvalue weighted by Crippen LogP contribution is -2.30. The molecule has 0 rings (SSSR count). The Labute approximate surface area is 497 Å². The molecule has 0 fully saturated rings. The molecule has 0 saturated carbocycles. The number of carbonyl (C=O) groups is 3. The Bertz CT molecular complexity index is 1950. The van der Waals surface area contributed by atoms with Crippen LogP contribution in [0.5, 0.6) is 0 Å². The molecule has 81 heavy (non-hydrogen) atoms. The molecule has 0 aliphatic carbocycles. The van der Waals surface area contributed by atoms with Crippen LogP contribution in [0.3, 0.4) is 0 Å². The molecule has 0 amide bonds. The molecule has 1 atom stereocenters. The molecule has 0 bridgehead atoms. The van der Waals surface area contributed by atoms with Crippen molar-refractivity contribution >= 4 is 17.9 Å². The van der Waals surface area contributed by atoms with Gasteiger partial charge < -0.3 is 14.2 Å². The number of hydrogen-bond donors (Lipinski definition) is 0. The van der Waals surface area contributed by atoms with Gasteiger partial charge >= 0.3 is 17.9 Å². The Morgan fingerprint density at radius 1 is 0.272 bits per heavy atom. The molecule has 1 unspecified atom stereocenters. The number of ether oxygens (including phenoxy) is 3. The molecular weight excluding hydrogens is 997 g/mol. The van der Waals surface area contributed by atoms with Crippen LogP contribution in [0.2, 0.25) is 0 Å². The highest BCUT2D eigenvalue weighted by molar-refractivity contribution is 5.72. The molecule has 0 aliphatic rings. The predicted molar refractivity (Wildman–Crippen MR) is 352 cm³/mol. The van der Waals surface area contributed by atoms with Gasteiger partial charge in [0.15, 0.2) is 6.10 Å². The highest BCUT2D eigenvalue weighted by Gasteiger charge is 2.19. The summed E-state index contributed by atoms with van der Waals surface area (Å²) in [7, 11) is 0. The second-order valence-electron chi connectivity index (χ2n) is 20.2. The van der Waals surface area contributed by atoms with E-state index < -0.39 is 12.1 Å². The average Bonchev–Trinajstić information content (AvgIpc) is 3.46. The number of hydrogen-bond acceptors (Lipinski definition) is 6. The fourth-order valence-corrected chi connectivity index (χ4v) is 7.90. The smallest absolute Gasteiger partial charge is 0.310 e. The third kappa shape index (κ3) is 64.9. The van der Waals surface area contributed by atoms with E-state index in [1.54, 1.807) is 6.08 Å². The van der Waals surface area contributed by atoms with Crippen LogP contribution >= 0.6 is 0 Å². The first kappa shape index (κ1) is 75.2. The summed E-state index contributed by atoms with van der Waals surface area (Å²) in [6.45, 7) is 6.22. The van der Waals surface area contributed by atoms with Crippen LogP contribution in [0.4, 0.5) is 0 Å². The van der Waals surface area contributed by atoms with Gasteiger partial charge in [-0.25, -0.2) is 0 Å². The predicted octanol–water partition coefficient (Wildman–Crippen LogP) is 22.2. The van der Waals surface area contributed by atoms with Gasteiger partial charge in [0, 0.05) is 12.8 Å². The fraction of sp³-hybridized carbons (Fsp3) is 0.533. The van der Waals surface area contributed by atoms with Crippen molar-refractivity contribution in [3.8, 4) is 0 Å². The summed E-state index contributed by atoms with van der Waals surface area (Å²) < 4.78 is 16.7. The zero-order valence-corrected chi connectivity index (χ0v) is 51.5. The number of carbonyl (C=O) groups excluding carboxylic acids is 3. The van der Waals surface area contributed by atoms with Crippen molar-refractivity contribution in [1.82, 2.24) is 0 Å².